The van der Waals surface area contributed by atoms with Crippen molar-refractivity contribution in [1.82, 2.24) is 9.13 Å². The van der Waals surface area contributed by atoms with E-state index in [1.807, 2.05) is 0 Å². The first-order valence-corrected chi connectivity index (χ1v) is 13.7. The molecule has 0 aliphatic rings. The summed E-state index contributed by atoms with van der Waals surface area (Å²) in [5, 5.41) is 11.2. The summed E-state index contributed by atoms with van der Waals surface area (Å²) in [6.45, 7) is 18.6. The molecule has 0 saturated carbocycles. The molecule has 0 bridgehead atoms. The molecule has 1 aromatic carbocycles. The van der Waals surface area contributed by atoms with Crippen LogP contribution in [0, 0.1) is 31.5 Å². The Morgan fingerprint density at radius 1 is 0.884 bits per heavy atom. The molecule has 0 aliphatic carbocycles. The number of carbonyl (C=O) groups excluding carboxylic acids is 3. The largest absolute Gasteiger partial charge is 0.515 e. The first-order chi connectivity index (χ1) is 19.6. The standard InChI is InChI=1S/C32H39FN2O8/c1-18-17-34(27(37)41-30(3,4)5)26(19(18)2)24(36)15-12-20-21-16-25(40-29(39)43-32(9,10)11)35(23(21)14-13-22(20)33)28(38)42-31(6,7)8/h13-14,16-17,24,36H,1-11H3. The third kappa shape index (κ3) is 8.17. The summed E-state index contributed by atoms with van der Waals surface area (Å²) in [6, 6.07) is 3.68. The van der Waals surface area contributed by atoms with Gasteiger partial charge in [0, 0.05) is 17.6 Å². The maximum atomic E-state index is 15.2. The number of nitrogens with zero attached hydrogens (tertiary/aromatic N) is 2. The zero-order valence-electron chi connectivity index (χ0n) is 26.5. The number of aromatic nitrogens is 2. The average Bonchev–Trinajstić information content (AvgIpc) is 3.31. The third-order valence-electron chi connectivity index (χ3n) is 5.80. The average molecular weight is 599 g/mol. The molecule has 0 aliphatic heterocycles. The van der Waals surface area contributed by atoms with Gasteiger partial charge < -0.3 is 24.1 Å². The number of fused-ring (bicyclic) bond motifs is 1. The molecule has 3 aromatic rings. The third-order valence-corrected chi connectivity index (χ3v) is 5.80. The number of aliphatic hydroxyl groups excluding tert-OH is 1. The Kier molecular flexibility index (Phi) is 9.08. The maximum Gasteiger partial charge on any atom is 0.515 e. The molecule has 10 nitrogen and oxygen atoms in total. The van der Waals surface area contributed by atoms with Gasteiger partial charge in [-0.15, -0.1) is 0 Å². The Hall–Kier alpha value is -4.30. The van der Waals surface area contributed by atoms with E-state index in [1.54, 1.807) is 76.2 Å². The van der Waals surface area contributed by atoms with Gasteiger partial charge in [-0.05, 0) is 99.4 Å². The minimum Gasteiger partial charge on any atom is -0.443 e. The van der Waals surface area contributed by atoms with Gasteiger partial charge >= 0.3 is 18.3 Å². The van der Waals surface area contributed by atoms with Crippen molar-refractivity contribution in [2.24, 2.45) is 0 Å². The van der Waals surface area contributed by atoms with Gasteiger partial charge in [0.1, 0.15) is 22.6 Å². The lowest BCUT2D eigenvalue weighted by molar-refractivity contribution is 0.0183. The van der Waals surface area contributed by atoms with Gasteiger partial charge in [0.25, 0.3) is 0 Å². The lowest BCUT2D eigenvalue weighted by Gasteiger charge is -2.21. The first kappa shape index (κ1) is 33.2. The van der Waals surface area contributed by atoms with Crippen LogP contribution in [0.3, 0.4) is 0 Å². The van der Waals surface area contributed by atoms with Crippen LogP contribution in [0.15, 0.2) is 24.4 Å². The molecule has 1 N–H and O–H groups in total. The lowest BCUT2D eigenvalue weighted by atomic mass is 10.1. The van der Waals surface area contributed by atoms with Crippen LogP contribution in [-0.4, -0.2) is 49.4 Å². The fraction of sp³-hybridized carbons (Fsp3) is 0.469. The Bertz CT molecular complexity index is 1630. The Morgan fingerprint density at radius 3 is 2.00 bits per heavy atom. The topological polar surface area (TPSA) is 118 Å². The quantitative estimate of drug-likeness (QED) is 0.187. The predicted octanol–water partition coefficient (Wildman–Crippen LogP) is 7.16. The van der Waals surface area contributed by atoms with Crippen LogP contribution in [0.4, 0.5) is 18.8 Å². The molecule has 0 amide bonds. The number of hydrogen-bond acceptors (Lipinski definition) is 8. The monoisotopic (exact) mass is 598 g/mol. The minimum atomic E-state index is -1.51. The summed E-state index contributed by atoms with van der Waals surface area (Å²) in [5.74, 6) is 4.22. The van der Waals surface area contributed by atoms with Gasteiger partial charge in [0.15, 0.2) is 6.10 Å². The number of hydrogen-bond donors (Lipinski definition) is 1. The van der Waals surface area contributed by atoms with Crippen molar-refractivity contribution < 1.29 is 42.8 Å². The van der Waals surface area contributed by atoms with Crippen molar-refractivity contribution in [2.75, 3.05) is 0 Å². The lowest BCUT2D eigenvalue weighted by Crippen LogP contribution is -2.29. The van der Waals surface area contributed by atoms with Gasteiger partial charge in [-0.3, -0.25) is 4.57 Å². The van der Waals surface area contributed by atoms with E-state index < -0.39 is 47.1 Å². The van der Waals surface area contributed by atoms with E-state index >= 15 is 4.39 Å². The van der Waals surface area contributed by atoms with Crippen LogP contribution in [0.25, 0.3) is 10.9 Å². The first-order valence-electron chi connectivity index (χ1n) is 13.7. The van der Waals surface area contributed by atoms with Crippen molar-refractivity contribution in [3.8, 4) is 17.7 Å². The molecule has 232 valence electrons. The van der Waals surface area contributed by atoms with Gasteiger partial charge in [-0.25, -0.2) is 23.3 Å². The zero-order chi connectivity index (χ0) is 32.7. The number of aliphatic hydroxyl groups is 1. The summed E-state index contributed by atoms with van der Waals surface area (Å²) in [6.07, 6.45) is -2.65. The van der Waals surface area contributed by atoms with Crippen LogP contribution in [0.1, 0.15) is 90.8 Å². The Labute approximate surface area is 250 Å². The number of rotatable bonds is 2. The predicted molar refractivity (Wildman–Crippen MR) is 158 cm³/mol. The van der Waals surface area contributed by atoms with E-state index in [-0.39, 0.29) is 28.0 Å². The van der Waals surface area contributed by atoms with Crippen LogP contribution >= 0.6 is 0 Å². The van der Waals surface area contributed by atoms with E-state index in [2.05, 4.69) is 11.8 Å². The number of benzene rings is 1. The van der Waals surface area contributed by atoms with Gasteiger partial charge in [-0.1, -0.05) is 11.8 Å². The van der Waals surface area contributed by atoms with Crippen molar-refractivity contribution in [1.29, 1.82) is 0 Å². The molecular weight excluding hydrogens is 559 g/mol. The molecule has 2 heterocycles. The van der Waals surface area contributed by atoms with Crippen LogP contribution < -0.4 is 4.74 Å². The summed E-state index contributed by atoms with van der Waals surface area (Å²) in [7, 11) is 0. The van der Waals surface area contributed by atoms with Gasteiger partial charge in [0.2, 0.25) is 5.88 Å². The number of halogens is 1. The SMILES string of the molecule is Cc1cn(C(=O)OC(C)(C)C)c(C(O)C#Cc2c(F)ccc3c2cc(OC(=O)OC(C)(C)C)n3C(=O)OC(C)(C)C)c1C. The molecule has 3 rings (SSSR count). The van der Waals surface area contributed by atoms with Gasteiger partial charge in [0.05, 0.1) is 16.8 Å². The molecule has 0 radical (unpaired) electrons. The fourth-order valence-corrected chi connectivity index (χ4v) is 4.03. The molecule has 11 heteroatoms. The van der Waals surface area contributed by atoms with Crippen molar-refractivity contribution in [3.05, 3.63) is 52.6 Å². The minimum absolute atomic E-state index is 0.111. The zero-order valence-corrected chi connectivity index (χ0v) is 26.5. The maximum absolute atomic E-state index is 15.2. The van der Waals surface area contributed by atoms with E-state index in [0.29, 0.717) is 11.1 Å². The second-order valence-electron chi connectivity index (χ2n) is 13.1. The molecule has 0 saturated heterocycles. The molecular formula is C32H39FN2O8. The highest BCUT2D eigenvalue weighted by molar-refractivity contribution is 5.96. The number of aryl methyl sites for hydroxylation is 1. The van der Waals surface area contributed by atoms with Crippen molar-refractivity contribution in [2.45, 2.75) is 99.1 Å². The van der Waals surface area contributed by atoms with Crippen LogP contribution in [-0.2, 0) is 14.2 Å². The number of ether oxygens (including phenoxy) is 4. The number of carbonyl (C=O) groups is 3. The molecule has 0 spiro atoms. The molecule has 0 fully saturated rings. The second-order valence-corrected chi connectivity index (χ2v) is 13.1. The summed E-state index contributed by atoms with van der Waals surface area (Å²) in [4.78, 5) is 38.6. The van der Waals surface area contributed by atoms with Crippen LogP contribution in [0.2, 0.25) is 0 Å². The van der Waals surface area contributed by atoms with E-state index in [4.69, 9.17) is 18.9 Å². The molecule has 1 atom stereocenters. The van der Waals surface area contributed by atoms with Crippen LogP contribution in [0.5, 0.6) is 5.88 Å². The highest BCUT2D eigenvalue weighted by Gasteiger charge is 2.28. The summed E-state index contributed by atoms with van der Waals surface area (Å²) in [5.41, 5.74) is -1.11. The van der Waals surface area contributed by atoms with Crippen molar-refractivity contribution in [3.63, 3.8) is 0 Å². The van der Waals surface area contributed by atoms with Gasteiger partial charge in [-0.2, -0.15) is 0 Å². The normalized spacial score (nSPS) is 12.8. The summed E-state index contributed by atoms with van der Waals surface area (Å²) < 4.78 is 38.9. The Balaban J connectivity index is 2.15. The summed E-state index contributed by atoms with van der Waals surface area (Å²) >= 11 is 0. The van der Waals surface area contributed by atoms with Crippen molar-refractivity contribution >= 4 is 29.2 Å². The molecule has 43 heavy (non-hydrogen) atoms. The van der Waals surface area contributed by atoms with E-state index in [0.717, 1.165) is 10.6 Å². The molecule has 1 unspecified atom stereocenters. The van der Waals surface area contributed by atoms with E-state index in [9.17, 15) is 19.5 Å². The highest BCUT2D eigenvalue weighted by Crippen LogP contribution is 2.32. The second kappa shape index (κ2) is 11.8. The molecule has 2 aromatic heterocycles. The van der Waals surface area contributed by atoms with E-state index in [1.165, 1.54) is 22.9 Å². The highest BCUT2D eigenvalue weighted by atomic mass is 19.1. The Morgan fingerprint density at radius 2 is 1.44 bits per heavy atom. The smallest absolute Gasteiger partial charge is 0.443 e. The fourth-order valence-electron chi connectivity index (χ4n) is 4.03.